The van der Waals surface area contributed by atoms with Gasteiger partial charge < -0.3 is 14.3 Å². The van der Waals surface area contributed by atoms with Crippen molar-refractivity contribution < 1.29 is 19.1 Å². The minimum Gasteiger partial charge on any atom is -0.489 e. The zero-order valence-electron chi connectivity index (χ0n) is 16.4. The molecule has 0 saturated carbocycles. The number of ether oxygens (including phenoxy) is 1. The average molecular weight is 400 g/mol. The van der Waals surface area contributed by atoms with Crippen LogP contribution in [0.25, 0.3) is 27.3 Å². The molecule has 4 rings (SSSR count). The first-order valence-corrected chi connectivity index (χ1v) is 9.66. The third-order valence-electron chi connectivity index (χ3n) is 4.98. The van der Waals surface area contributed by atoms with Gasteiger partial charge in [-0.1, -0.05) is 49.4 Å². The maximum atomic E-state index is 12.6. The molecule has 0 unspecified atom stereocenters. The fourth-order valence-corrected chi connectivity index (χ4v) is 3.48. The summed E-state index contributed by atoms with van der Waals surface area (Å²) in [5.41, 5.74) is 2.37. The van der Waals surface area contributed by atoms with E-state index in [-0.39, 0.29) is 0 Å². The van der Waals surface area contributed by atoms with Crippen LogP contribution in [0.3, 0.4) is 0 Å². The van der Waals surface area contributed by atoms with Crippen LogP contribution in [0, 0.1) is 0 Å². The molecule has 0 aliphatic heterocycles. The van der Waals surface area contributed by atoms with Gasteiger partial charge in [-0.3, -0.25) is 0 Å². The molecule has 1 N–H and O–H groups in total. The van der Waals surface area contributed by atoms with Crippen molar-refractivity contribution in [3.8, 4) is 5.75 Å². The van der Waals surface area contributed by atoms with Crippen LogP contribution in [0.4, 0.5) is 0 Å². The van der Waals surface area contributed by atoms with Crippen LogP contribution in [0.2, 0.25) is 0 Å². The van der Waals surface area contributed by atoms with E-state index in [2.05, 4.69) is 0 Å². The number of rotatable bonds is 6. The first-order chi connectivity index (χ1) is 14.5. The van der Waals surface area contributed by atoms with Crippen LogP contribution in [-0.4, -0.2) is 11.1 Å². The summed E-state index contributed by atoms with van der Waals surface area (Å²) < 4.78 is 11.4. The number of carbonyl (C=O) groups is 1. The Morgan fingerprint density at radius 3 is 2.50 bits per heavy atom. The lowest BCUT2D eigenvalue weighted by Crippen LogP contribution is -2.02. The highest BCUT2D eigenvalue weighted by atomic mass is 16.5. The van der Waals surface area contributed by atoms with Crippen LogP contribution in [-0.2, 0) is 11.4 Å². The lowest BCUT2D eigenvalue weighted by molar-refractivity contribution is -0.131. The molecule has 0 spiro atoms. The predicted molar refractivity (Wildman–Crippen MR) is 117 cm³/mol. The number of benzene rings is 3. The summed E-state index contributed by atoms with van der Waals surface area (Å²) in [7, 11) is 0. The quantitative estimate of drug-likeness (QED) is 0.266. The molecule has 30 heavy (non-hydrogen) atoms. The number of hydrogen-bond acceptors (Lipinski definition) is 4. The van der Waals surface area contributed by atoms with E-state index >= 15 is 0 Å². The molecule has 4 aromatic rings. The van der Waals surface area contributed by atoms with E-state index in [1.807, 2.05) is 61.5 Å². The molecule has 0 saturated heterocycles. The van der Waals surface area contributed by atoms with E-state index in [4.69, 9.17) is 14.3 Å². The number of hydrogen-bond donors (Lipinski definition) is 1. The Hall–Kier alpha value is -3.86. The van der Waals surface area contributed by atoms with Gasteiger partial charge in [-0.25, -0.2) is 9.59 Å². The van der Waals surface area contributed by atoms with Crippen molar-refractivity contribution in [2.75, 3.05) is 0 Å². The Labute approximate surface area is 172 Å². The van der Waals surface area contributed by atoms with E-state index in [0.29, 0.717) is 40.9 Å². The van der Waals surface area contributed by atoms with Crippen molar-refractivity contribution in [3.05, 3.63) is 94.4 Å². The molecular formula is C25H20O5. The molecular weight excluding hydrogens is 380 g/mol. The monoisotopic (exact) mass is 400 g/mol. The molecule has 1 aromatic heterocycles. The molecule has 0 aliphatic rings. The van der Waals surface area contributed by atoms with Gasteiger partial charge in [-0.05, 0) is 46.7 Å². The zero-order chi connectivity index (χ0) is 21.1. The number of allylic oxidation sites excluding steroid dienone is 1. The summed E-state index contributed by atoms with van der Waals surface area (Å²) in [5, 5.41) is 11.0. The van der Waals surface area contributed by atoms with E-state index in [1.165, 1.54) is 6.08 Å². The standard InChI is InChI=1S/C25H20O5/c1-2-17(13-24(26)27)18-8-10-20-21-11-9-19(29-15-16-6-4-3-5-7-16)14-23(21)30-25(28)22(20)12-18/h3-14H,2,15H2,1H3,(H,26,27)/b17-13-. The molecule has 0 amide bonds. The van der Waals surface area contributed by atoms with Crippen molar-refractivity contribution in [3.63, 3.8) is 0 Å². The summed E-state index contributed by atoms with van der Waals surface area (Å²) in [6.07, 6.45) is 1.71. The van der Waals surface area contributed by atoms with Crippen LogP contribution >= 0.6 is 0 Å². The van der Waals surface area contributed by atoms with Gasteiger partial charge in [0.1, 0.15) is 17.9 Å². The van der Waals surface area contributed by atoms with Gasteiger partial charge in [0.15, 0.2) is 0 Å². The normalized spacial score (nSPS) is 11.7. The lowest BCUT2D eigenvalue weighted by Gasteiger charge is -2.09. The van der Waals surface area contributed by atoms with Crippen LogP contribution in [0.15, 0.2) is 82.0 Å². The minimum absolute atomic E-state index is 0.419. The molecule has 0 atom stereocenters. The highest BCUT2D eigenvalue weighted by Gasteiger charge is 2.11. The first kappa shape index (κ1) is 19.5. The number of carboxylic acid groups (broad SMARTS) is 1. The summed E-state index contributed by atoms with van der Waals surface area (Å²) in [4.78, 5) is 23.7. The number of aliphatic carboxylic acids is 1. The summed E-state index contributed by atoms with van der Waals surface area (Å²) >= 11 is 0. The molecule has 0 aliphatic carbocycles. The fraction of sp³-hybridized carbons (Fsp3) is 0.120. The van der Waals surface area contributed by atoms with Gasteiger partial charge in [0, 0.05) is 17.5 Å². The fourth-order valence-electron chi connectivity index (χ4n) is 3.48. The number of carboxylic acids is 1. The molecule has 0 bridgehead atoms. The zero-order valence-corrected chi connectivity index (χ0v) is 16.4. The highest BCUT2D eigenvalue weighted by molar-refractivity contribution is 6.05. The maximum Gasteiger partial charge on any atom is 0.344 e. The van der Waals surface area contributed by atoms with Gasteiger partial charge in [0.05, 0.1) is 5.39 Å². The Morgan fingerprint density at radius 2 is 1.77 bits per heavy atom. The minimum atomic E-state index is -1.01. The Morgan fingerprint density at radius 1 is 1.00 bits per heavy atom. The van der Waals surface area contributed by atoms with Gasteiger partial charge in [0.2, 0.25) is 0 Å². The second-order valence-electron chi connectivity index (χ2n) is 6.94. The van der Waals surface area contributed by atoms with Gasteiger partial charge in [-0.2, -0.15) is 0 Å². The molecule has 5 nitrogen and oxygen atoms in total. The van der Waals surface area contributed by atoms with Crippen LogP contribution < -0.4 is 10.4 Å². The molecule has 150 valence electrons. The van der Waals surface area contributed by atoms with E-state index in [1.54, 1.807) is 12.1 Å². The third kappa shape index (κ3) is 3.96. The third-order valence-corrected chi connectivity index (χ3v) is 4.98. The van der Waals surface area contributed by atoms with Crippen molar-refractivity contribution in [2.45, 2.75) is 20.0 Å². The van der Waals surface area contributed by atoms with Crippen molar-refractivity contribution >= 4 is 33.3 Å². The molecule has 0 fully saturated rings. The Bertz CT molecular complexity index is 1320. The summed E-state index contributed by atoms with van der Waals surface area (Å²) in [6.45, 7) is 2.29. The van der Waals surface area contributed by atoms with E-state index < -0.39 is 11.6 Å². The SMILES string of the molecule is CC/C(=C/C(=O)O)c1ccc2c(c1)c(=O)oc1cc(OCc3ccccc3)ccc12. The van der Waals surface area contributed by atoms with Crippen LogP contribution in [0.1, 0.15) is 24.5 Å². The topological polar surface area (TPSA) is 76.7 Å². The van der Waals surface area contributed by atoms with Gasteiger partial charge in [-0.15, -0.1) is 0 Å². The predicted octanol–water partition coefficient (Wildman–Crippen LogP) is 5.40. The summed E-state index contributed by atoms with van der Waals surface area (Å²) in [5.74, 6) is -0.399. The molecule has 5 heteroatoms. The molecule has 1 heterocycles. The van der Waals surface area contributed by atoms with Crippen LogP contribution in [0.5, 0.6) is 5.75 Å². The molecule has 3 aromatic carbocycles. The second-order valence-corrected chi connectivity index (χ2v) is 6.94. The number of fused-ring (bicyclic) bond motifs is 3. The Kier molecular flexibility index (Phi) is 5.35. The second kappa shape index (κ2) is 8.25. The van der Waals surface area contributed by atoms with Gasteiger partial charge in [0.25, 0.3) is 0 Å². The lowest BCUT2D eigenvalue weighted by atomic mass is 9.98. The smallest absolute Gasteiger partial charge is 0.344 e. The van der Waals surface area contributed by atoms with E-state index in [0.717, 1.165) is 16.3 Å². The van der Waals surface area contributed by atoms with Crippen molar-refractivity contribution in [1.82, 2.24) is 0 Å². The van der Waals surface area contributed by atoms with Gasteiger partial charge >= 0.3 is 11.6 Å². The van der Waals surface area contributed by atoms with Crippen molar-refractivity contribution in [1.29, 1.82) is 0 Å². The van der Waals surface area contributed by atoms with E-state index in [9.17, 15) is 9.59 Å². The largest absolute Gasteiger partial charge is 0.489 e. The first-order valence-electron chi connectivity index (χ1n) is 9.66. The maximum absolute atomic E-state index is 12.6. The Balaban J connectivity index is 1.73. The molecule has 0 radical (unpaired) electrons. The average Bonchev–Trinajstić information content (AvgIpc) is 2.76. The highest BCUT2D eigenvalue weighted by Crippen LogP contribution is 2.29. The van der Waals surface area contributed by atoms with Crippen molar-refractivity contribution in [2.24, 2.45) is 0 Å². The summed E-state index contributed by atoms with van der Waals surface area (Å²) in [6, 6.07) is 20.6.